The average molecular weight is 411 g/mol. The molecular formula is C21H21N3O4S. The maximum atomic E-state index is 12.7. The van der Waals surface area contributed by atoms with Crippen LogP contribution in [-0.2, 0) is 4.79 Å². The number of carbonyl (C=O) groups excluding carboxylic acids is 2. The number of carbonyl (C=O) groups is 2. The summed E-state index contributed by atoms with van der Waals surface area (Å²) in [5.74, 6) is 0.783. The highest BCUT2D eigenvalue weighted by Gasteiger charge is 2.23. The van der Waals surface area contributed by atoms with E-state index in [0.717, 1.165) is 16.9 Å². The molecule has 7 nitrogen and oxygen atoms in total. The van der Waals surface area contributed by atoms with Crippen molar-refractivity contribution >= 4 is 34.2 Å². The molecule has 0 radical (unpaired) electrons. The zero-order valence-electron chi connectivity index (χ0n) is 16.4. The zero-order chi connectivity index (χ0) is 21.0. The smallest absolute Gasteiger partial charge is 0.264 e. The number of thiophene rings is 1. The summed E-state index contributed by atoms with van der Waals surface area (Å²) in [6.45, 7) is 6.87. The Morgan fingerprint density at radius 2 is 2.00 bits per heavy atom. The van der Waals surface area contributed by atoms with E-state index in [1.807, 2.05) is 19.9 Å². The van der Waals surface area contributed by atoms with Crippen LogP contribution in [0.2, 0.25) is 0 Å². The van der Waals surface area contributed by atoms with Gasteiger partial charge in [0.05, 0.1) is 10.4 Å². The summed E-state index contributed by atoms with van der Waals surface area (Å²) in [5, 5.41) is 12.6. The number of benzene rings is 1. The molecule has 3 rings (SSSR count). The van der Waals surface area contributed by atoms with Gasteiger partial charge in [0.1, 0.15) is 11.1 Å². The summed E-state index contributed by atoms with van der Waals surface area (Å²) in [6, 6.07) is 7.47. The molecule has 1 N–H and O–H groups in total. The summed E-state index contributed by atoms with van der Waals surface area (Å²) in [5.41, 5.74) is 1.68. The molecule has 8 heteroatoms. The number of nitrogens with zero attached hydrogens (tertiary/aromatic N) is 2. The topological polar surface area (TPSA) is 91.7 Å². The van der Waals surface area contributed by atoms with Crippen molar-refractivity contribution in [2.45, 2.75) is 20.8 Å². The Morgan fingerprint density at radius 1 is 1.28 bits per heavy atom. The molecule has 29 heavy (non-hydrogen) atoms. The monoisotopic (exact) mass is 411 g/mol. The molecular weight excluding hydrogens is 390 g/mol. The fourth-order valence-corrected chi connectivity index (χ4v) is 4.06. The molecule has 2 aromatic rings. The lowest BCUT2D eigenvalue weighted by molar-refractivity contribution is -0.111. The highest BCUT2D eigenvalue weighted by atomic mass is 32.1. The van der Waals surface area contributed by atoms with Crippen LogP contribution >= 0.6 is 11.3 Å². The van der Waals surface area contributed by atoms with Crippen LogP contribution in [0.4, 0.5) is 5.00 Å². The minimum Gasteiger partial charge on any atom is -0.454 e. The third kappa shape index (κ3) is 4.25. The van der Waals surface area contributed by atoms with E-state index in [4.69, 9.17) is 9.47 Å². The maximum absolute atomic E-state index is 12.7. The number of nitriles is 1. The first-order chi connectivity index (χ1) is 14.0. The molecule has 2 heterocycles. The fraction of sp³-hybridized carbons (Fsp3) is 0.286. The van der Waals surface area contributed by atoms with Crippen LogP contribution in [0.15, 0.2) is 24.3 Å². The lowest BCUT2D eigenvalue weighted by Gasteiger charge is -2.17. The number of ether oxygens (including phenoxy) is 2. The van der Waals surface area contributed by atoms with E-state index in [-0.39, 0.29) is 18.6 Å². The molecule has 0 aliphatic carbocycles. The average Bonchev–Trinajstić information content (AvgIpc) is 3.30. The normalized spacial score (nSPS) is 12.1. The molecule has 0 atom stereocenters. The number of hydrogen-bond acceptors (Lipinski definition) is 6. The first kappa shape index (κ1) is 20.4. The summed E-state index contributed by atoms with van der Waals surface area (Å²) in [4.78, 5) is 27.2. The van der Waals surface area contributed by atoms with Crippen LogP contribution in [-0.4, -0.2) is 36.6 Å². The molecule has 0 bridgehead atoms. The van der Waals surface area contributed by atoms with E-state index in [1.165, 1.54) is 6.08 Å². The van der Waals surface area contributed by atoms with Crippen molar-refractivity contribution in [1.82, 2.24) is 4.90 Å². The quantitative estimate of drug-likeness (QED) is 0.730. The minimum absolute atomic E-state index is 0.134. The van der Waals surface area contributed by atoms with E-state index < -0.39 is 0 Å². The van der Waals surface area contributed by atoms with Gasteiger partial charge in [0.2, 0.25) is 12.7 Å². The molecule has 1 aliphatic heterocycles. The predicted octanol–water partition coefficient (Wildman–Crippen LogP) is 3.79. The molecule has 0 saturated heterocycles. The van der Waals surface area contributed by atoms with Gasteiger partial charge >= 0.3 is 0 Å². The third-order valence-electron chi connectivity index (χ3n) is 4.56. The van der Waals surface area contributed by atoms with E-state index in [9.17, 15) is 14.9 Å². The predicted molar refractivity (Wildman–Crippen MR) is 111 cm³/mol. The van der Waals surface area contributed by atoms with E-state index in [2.05, 4.69) is 11.4 Å². The molecule has 0 saturated carbocycles. The van der Waals surface area contributed by atoms with Gasteiger partial charge in [-0.1, -0.05) is 6.07 Å². The number of rotatable bonds is 6. The van der Waals surface area contributed by atoms with Gasteiger partial charge in [0, 0.05) is 19.2 Å². The second-order valence-corrected chi connectivity index (χ2v) is 7.31. The van der Waals surface area contributed by atoms with Gasteiger partial charge in [-0.3, -0.25) is 9.59 Å². The summed E-state index contributed by atoms with van der Waals surface area (Å²) in [7, 11) is 0. The Bertz CT molecular complexity index is 1020. The van der Waals surface area contributed by atoms with Crippen LogP contribution < -0.4 is 14.8 Å². The number of fused-ring (bicyclic) bond motifs is 1. The van der Waals surface area contributed by atoms with Crippen LogP contribution in [0.1, 0.15) is 40.2 Å². The number of anilines is 1. The molecule has 0 spiro atoms. The maximum Gasteiger partial charge on any atom is 0.264 e. The Morgan fingerprint density at radius 3 is 2.69 bits per heavy atom. The van der Waals surface area contributed by atoms with Crippen molar-refractivity contribution in [1.29, 1.82) is 5.26 Å². The summed E-state index contributed by atoms with van der Waals surface area (Å²) < 4.78 is 10.6. The second kappa shape index (κ2) is 8.80. The van der Waals surface area contributed by atoms with E-state index in [1.54, 1.807) is 30.0 Å². The third-order valence-corrected chi connectivity index (χ3v) is 5.76. The zero-order valence-corrected chi connectivity index (χ0v) is 17.3. The van der Waals surface area contributed by atoms with Crippen molar-refractivity contribution < 1.29 is 19.1 Å². The molecule has 0 fully saturated rings. The van der Waals surface area contributed by atoms with Gasteiger partial charge in [-0.25, -0.2) is 0 Å². The molecule has 1 aromatic heterocycles. The fourth-order valence-electron chi connectivity index (χ4n) is 2.94. The number of hydrogen-bond donors (Lipinski definition) is 1. The van der Waals surface area contributed by atoms with Gasteiger partial charge in [-0.15, -0.1) is 11.3 Å². The highest BCUT2D eigenvalue weighted by Crippen LogP contribution is 2.34. The second-order valence-electron chi connectivity index (χ2n) is 6.28. The van der Waals surface area contributed by atoms with Gasteiger partial charge in [-0.05, 0) is 50.1 Å². The Hall–Kier alpha value is -3.31. The Labute approximate surface area is 173 Å². The lowest BCUT2D eigenvalue weighted by atomic mass is 10.1. The first-order valence-corrected chi connectivity index (χ1v) is 10.0. The first-order valence-electron chi connectivity index (χ1n) is 9.19. The summed E-state index contributed by atoms with van der Waals surface area (Å²) in [6.07, 6.45) is 3.02. The van der Waals surface area contributed by atoms with Crippen molar-refractivity contribution in [2.75, 3.05) is 25.2 Å². The van der Waals surface area contributed by atoms with Crippen LogP contribution in [0.25, 0.3) is 6.08 Å². The largest absolute Gasteiger partial charge is 0.454 e. The Balaban J connectivity index is 1.77. The Kier molecular flexibility index (Phi) is 6.20. The van der Waals surface area contributed by atoms with E-state index in [0.29, 0.717) is 45.6 Å². The molecule has 1 aromatic carbocycles. The lowest BCUT2D eigenvalue weighted by Crippen LogP contribution is -2.30. The van der Waals surface area contributed by atoms with Crippen molar-refractivity contribution in [3.63, 3.8) is 0 Å². The van der Waals surface area contributed by atoms with Crippen molar-refractivity contribution in [3.8, 4) is 17.6 Å². The van der Waals surface area contributed by atoms with Gasteiger partial charge in [-0.2, -0.15) is 5.26 Å². The SMILES string of the molecule is CCN(CC)C(=O)c1sc(NC(=O)/C=C/c2ccc3c(c2)OCO3)c(C#N)c1C. The van der Waals surface area contributed by atoms with Crippen molar-refractivity contribution in [2.24, 2.45) is 0 Å². The highest BCUT2D eigenvalue weighted by molar-refractivity contribution is 7.18. The molecule has 2 amide bonds. The molecule has 1 aliphatic rings. The van der Waals surface area contributed by atoms with Gasteiger partial charge in [0.25, 0.3) is 5.91 Å². The molecule has 150 valence electrons. The number of nitrogens with one attached hydrogen (secondary N) is 1. The van der Waals surface area contributed by atoms with Crippen molar-refractivity contribution in [3.05, 3.63) is 45.8 Å². The van der Waals surface area contributed by atoms with Gasteiger partial charge in [0.15, 0.2) is 11.5 Å². The van der Waals surface area contributed by atoms with E-state index >= 15 is 0 Å². The minimum atomic E-state index is -0.387. The van der Waals surface area contributed by atoms with Crippen LogP contribution in [0.5, 0.6) is 11.5 Å². The summed E-state index contributed by atoms with van der Waals surface area (Å²) >= 11 is 1.13. The number of amides is 2. The standard InChI is InChI=1S/C21H21N3O4S/c1-4-24(5-2)21(26)19-13(3)15(11-22)20(29-19)23-18(25)9-7-14-6-8-16-17(10-14)28-12-27-16/h6-10H,4-5,12H2,1-3H3,(H,23,25)/b9-7+. The molecule has 0 unspecified atom stereocenters. The van der Waals surface area contributed by atoms with Crippen LogP contribution in [0, 0.1) is 18.3 Å². The van der Waals surface area contributed by atoms with Gasteiger partial charge < -0.3 is 19.7 Å². The van der Waals surface area contributed by atoms with Crippen LogP contribution in [0.3, 0.4) is 0 Å².